The second-order valence-corrected chi connectivity index (χ2v) is 4.61. The molecule has 0 aliphatic heterocycles. The van der Waals surface area contributed by atoms with Crippen LogP contribution in [0.5, 0.6) is 0 Å². The van der Waals surface area contributed by atoms with Crippen molar-refractivity contribution >= 4 is 34.8 Å². The first-order chi connectivity index (χ1) is 9.24. The van der Waals surface area contributed by atoms with Gasteiger partial charge < -0.3 is 5.32 Å². The molecule has 2 aromatic rings. The zero-order valence-corrected chi connectivity index (χ0v) is 11.7. The van der Waals surface area contributed by atoms with Gasteiger partial charge >= 0.3 is 0 Å². The van der Waals surface area contributed by atoms with Gasteiger partial charge in [-0.3, -0.25) is 4.79 Å². The van der Waals surface area contributed by atoms with E-state index in [4.69, 9.17) is 23.2 Å². The maximum Gasteiger partial charge on any atom is 0.255 e. The normalized spacial score (nSPS) is 10.2. The molecular formula is C15H13Cl2NO. The Morgan fingerprint density at radius 3 is 2.26 bits per heavy atom. The number of hydrogen-bond acceptors (Lipinski definition) is 1. The fraction of sp³-hybridized carbons (Fsp3) is 0.133. The summed E-state index contributed by atoms with van der Waals surface area (Å²) in [6.07, 6.45) is 0. The average molecular weight is 294 g/mol. The minimum atomic E-state index is -0.154. The van der Waals surface area contributed by atoms with Crippen molar-refractivity contribution in [3.8, 4) is 0 Å². The van der Waals surface area contributed by atoms with Gasteiger partial charge in [0.2, 0.25) is 0 Å². The van der Waals surface area contributed by atoms with E-state index in [-0.39, 0.29) is 5.91 Å². The highest BCUT2D eigenvalue weighted by Crippen LogP contribution is 2.17. The molecule has 0 heterocycles. The van der Waals surface area contributed by atoms with Gasteiger partial charge in [0.1, 0.15) is 0 Å². The number of benzene rings is 2. The maximum absolute atomic E-state index is 12.1. The standard InChI is InChI=1S/C15H13Cl2NO/c16-9-12-7-6-11(8-13(12)10-17)15(19)18-14-4-2-1-3-5-14/h1-8H,9-10H2,(H,18,19). The van der Waals surface area contributed by atoms with Crippen molar-refractivity contribution in [1.82, 2.24) is 0 Å². The first-order valence-electron chi connectivity index (χ1n) is 5.84. The number of carbonyl (C=O) groups excluding carboxylic acids is 1. The summed E-state index contributed by atoms with van der Waals surface area (Å²) in [7, 11) is 0. The first-order valence-corrected chi connectivity index (χ1v) is 6.91. The summed E-state index contributed by atoms with van der Waals surface area (Å²) in [4.78, 5) is 12.1. The van der Waals surface area contributed by atoms with Gasteiger partial charge in [0.15, 0.2) is 0 Å². The fourth-order valence-corrected chi connectivity index (χ4v) is 2.26. The minimum absolute atomic E-state index is 0.154. The molecule has 0 aromatic heterocycles. The Hall–Kier alpha value is -1.51. The molecule has 0 saturated heterocycles. The number of hydrogen-bond donors (Lipinski definition) is 1. The van der Waals surface area contributed by atoms with Crippen LogP contribution in [-0.2, 0) is 11.8 Å². The van der Waals surface area contributed by atoms with Crippen molar-refractivity contribution in [3.63, 3.8) is 0 Å². The average Bonchev–Trinajstić information content (AvgIpc) is 2.47. The number of alkyl halides is 2. The fourth-order valence-electron chi connectivity index (χ4n) is 1.75. The van der Waals surface area contributed by atoms with Crippen molar-refractivity contribution in [2.24, 2.45) is 0 Å². The summed E-state index contributed by atoms with van der Waals surface area (Å²) in [6.45, 7) is 0. The van der Waals surface area contributed by atoms with Gasteiger partial charge in [-0.25, -0.2) is 0 Å². The Kier molecular flexibility index (Phi) is 4.83. The van der Waals surface area contributed by atoms with Crippen molar-refractivity contribution in [2.45, 2.75) is 11.8 Å². The largest absolute Gasteiger partial charge is 0.322 e. The molecule has 98 valence electrons. The van der Waals surface area contributed by atoms with E-state index in [2.05, 4.69) is 5.32 Å². The summed E-state index contributed by atoms with van der Waals surface area (Å²) in [5.41, 5.74) is 3.18. The van der Waals surface area contributed by atoms with E-state index >= 15 is 0 Å². The molecule has 2 nitrogen and oxygen atoms in total. The molecule has 1 amide bonds. The smallest absolute Gasteiger partial charge is 0.255 e. The van der Waals surface area contributed by atoms with Gasteiger partial charge in [-0.2, -0.15) is 0 Å². The summed E-state index contributed by atoms with van der Waals surface area (Å²) >= 11 is 11.7. The van der Waals surface area contributed by atoms with E-state index in [9.17, 15) is 4.79 Å². The lowest BCUT2D eigenvalue weighted by molar-refractivity contribution is 0.102. The predicted octanol–water partition coefficient (Wildman–Crippen LogP) is 4.42. The van der Waals surface area contributed by atoms with Crippen LogP contribution in [0.1, 0.15) is 21.5 Å². The summed E-state index contributed by atoms with van der Waals surface area (Å²) in [6, 6.07) is 14.7. The SMILES string of the molecule is O=C(Nc1ccccc1)c1ccc(CCl)c(CCl)c1. The molecule has 0 spiro atoms. The Labute approximate surface area is 122 Å². The van der Waals surface area contributed by atoms with Crippen LogP contribution in [0.15, 0.2) is 48.5 Å². The lowest BCUT2D eigenvalue weighted by Gasteiger charge is -2.08. The molecule has 2 rings (SSSR count). The number of carbonyl (C=O) groups is 1. The molecule has 0 fully saturated rings. The zero-order chi connectivity index (χ0) is 13.7. The van der Waals surface area contributed by atoms with Crippen LogP contribution in [0, 0.1) is 0 Å². The number of rotatable bonds is 4. The molecule has 2 aromatic carbocycles. The summed E-state index contributed by atoms with van der Waals surface area (Å²) < 4.78 is 0. The number of anilines is 1. The molecule has 0 aliphatic rings. The van der Waals surface area contributed by atoms with Crippen LogP contribution >= 0.6 is 23.2 Å². The first kappa shape index (κ1) is 13.9. The van der Waals surface area contributed by atoms with E-state index in [0.29, 0.717) is 17.3 Å². The van der Waals surface area contributed by atoms with Crippen LogP contribution in [0.25, 0.3) is 0 Å². The highest BCUT2D eigenvalue weighted by atomic mass is 35.5. The summed E-state index contributed by atoms with van der Waals surface area (Å²) in [5.74, 6) is 0.579. The number of nitrogens with one attached hydrogen (secondary N) is 1. The predicted molar refractivity (Wildman–Crippen MR) is 80.0 cm³/mol. The van der Waals surface area contributed by atoms with Crippen molar-refractivity contribution in [2.75, 3.05) is 5.32 Å². The third-order valence-corrected chi connectivity index (χ3v) is 3.36. The highest BCUT2D eigenvalue weighted by Gasteiger charge is 2.09. The molecule has 4 heteroatoms. The van der Waals surface area contributed by atoms with Crippen molar-refractivity contribution < 1.29 is 4.79 Å². The quantitative estimate of drug-likeness (QED) is 0.831. The van der Waals surface area contributed by atoms with Gasteiger partial charge in [0, 0.05) is 23.0 Å². The molecule has 1 N–H and O–H groups in total. The van der Waals surface area contributed by atoms with E-state index < -0.39 is 0 Å². The van der Waals surface area contributed by atoms with E-state index in [1.165, 1.54) is 0 Å². The van der Waals surface area contributed by atoms with E-state index in [1.807, 2.05) is 36.4 Å². The Balaban J connectivity index is 2.20. The third-order valence-electron chi connectivity index (χ3n) is 2.79. The van der Waals surface area contributed by atoms with E-state index in [0.717, 1.165) is 16.8 Å². The van der Waals surface area contributed by atoms with Crippen LogP contribution < -0.4 is 5.32 Å². The Morgan fingerprint density at radius 1 is 0.947 bits per heavy atom. The Bertz CT molecular complexity index is 570. The molecule has 19 heavy (non-hydrogen) atoms. The maximum atomic E-state index is 12.1. The molecule has 0 aliphatic carbocycles. The number of para-hydroxylation sites is 1. The van der Waals surface area contributed by atoms with Crippen LogP contribution in [0.3, 0.4) is 0 Å². The van der Waals surface area contributed by atoms with Gasteiger partial charge in [-0.15, -0.1) is 23.2 Å². The zero-order valence-electron chi connectivity index (χ0n) is 10.2. The molecular weight excluding hydrogens is 281 g/mol. The second-order valence-electron chi connectivity index (χ2n) is 4.07. The van der Waals surface area contributed by atoms with Crippen LogP contribution in [0.2, 0.25) is 0 Å². The minimum Gasteiger partial charge on any atom is -0.322 e. The molecule has 0 radical (unpaired) electrons. The monoisotopic (exact) mass is 293 g/mol. The van der Waals surface area contributed by atoms with Gasteiger partial charge in [-0.1, -0.05) is 24.3 Å². The Morgan fingerprint density at radius 2 is 1.63 bits per heavy atom. The lowest BCUT2D eigenvalue weighted by atomic mass is 10.1. The molecule has 0 unspecified atom stereocenters. The topological polar surface area (TPSA) is 29.1 Å². The van der Waals surface area contributed by atoms with Gasteiger partial charge in [-0.05, 0) is 35.4 Å². The van der Waals surface area contributed by atoms with Crippen LogP contribution in [0.4, 0.5) is 5.69 Å². The lowest BCUT2D eigenvalue weighted by Crippen LogP contribution is -2.12. The van der Waals surface area contributed by atoms with Crippen molar-refractivity contribution in [3.05, 3.63) is 65.2 Å². The molecule has 0 bridgehead atoms. The molecule has 0 atom stereocenters. The highest BCUT2D eigenvalue weighted by molar-refractivity contribution is 6.19. The molecule has 0 saturated carbocycles. The summed E-state index contributed by atoms with van der Waals surface area (Å²) in [5, 5.41) is 2.83. The number of amides is 1. The second kappa shape index (κ2) is 6.60. The van der Waals surface area contributed by atoms with Gasteiger partial charge in [0.05, 0.1) is 0 Å². The van der Waals surface area contributed by atoms with E-state index in [1.54, 1.807) is 12.1 Å². The van der Waals surface area contributed by atoms with Crippen molar-refractivity contribution in [1.29, 1.82) is 0 Å². The number of halogens is 2. The van der Waals surface area contributed by atoms with Crippen LogP contribution in [-0.4, -0.2) is 5.91 Å². The van der Waals surface area contributed by atoms with Gasteiger partial charge in [0.25, 0.3) is 5.91 Å². The third kappa shape index (κ3) is 3.49.